The van der Waals surface area contributed by atoms with Crippen LogP contribution in [0.2, 0.25) is 0 Å². The predicted molar refractivity (Wildman–Crippen MR) is 62.2 cm³/mol. The number of carbonyl (C=O) groups excluding carboxylic acids is 2. The highest BCUT2D eigenvalue weighted by Crippen LogP contribution is 2.01. The zero-order chi connectivity index (χ0) is 13.1. The molecule has 1 atom stereocenters. The van der Waals surface area contributed by atoms with E-state index in [0.717, 1.165) is 0 Å². The monoisotopic (exact) mass is 242 g/mol. The molecule has 0 aliphatic carbocycles. The van der Waals surface area contributed by atoms with E-state index in [1.54, 1.807) is 26.0 Å². The Kier molecular flexibility index (Phi) is 8.68. The molecule has 17 heavy (non-hydrogen) atoms. The second kappa shape index (κ2) is 9.59. The van der Waals surface area contributed by atoms with Crippen molar-refractivity contribution in [3.63, 3.8) is 0 Å². The first-order chi connectivity index (χ1) is 8.13. The summed E-state index contributed by atoms with van der Waals surface area (Å²) in [6, 6.07) is 0. The fraction of sp³-hybridized carbons (Fsp3) is 0.500. The van der Waals surface area contributed by atoms with E-state index in [2.05, 4.69) is 0 Å². The molecule has 0 saturated carbocycles. The Morgan fingerprint density at radius 2 is 1.76 bits per heavy atom. The van der Waals surface area contributed by atoms with Crippen molar-refractivity contribution >= 4 is 11.9 Å². The number of esters is 2. The molecule has 0 heterocycles. The summed E-state index contributed by atoms with van der Waals surface area (Å²) in [7, 11) is 0. The minimum Gasteiger partial charge on any atom is -0.459 e. The average molecular weight is 242 g/mol. The summed E-state index contributed by atoms with van der Waals surface area (Å²) >= 11 is 0. The summed E-state index contributed by atoms with van der Waals surface area (Å²) in [4.78, 5) is 22.2. The number of aliphatic hydroxyl groups is 1. The molecule has 0 aliphatic rings. The third-order valence-electron chi connectivity index (χ3n) is 1.75. The number of rotatable bonds is 7. The van der Waals surface area contributed by atoms with Gasteiger partial charge >= 0.3 is 11.9 Å². The molecular formula is C12H18O5. The van der Waals surface area contributed by atoms with E-state index in [0.29, 0.717) is 0 Å². The molecule has 0 aliphatic heterocycles. The van der Waals surface area contributed by atoms with E-state index in [4.69, 9.17) is 14.6 Å². The van der Waals surface area contributed by atoms with Gasteiger partial charge in [0.25, 0.3) is 0 Å². The molecule has 0 spiro atoms. The number of hydrogen-bond acceptors (Lipinski definition) is 5. The largest absolute Gasteiger partial charge is 0.459 e. The zero-order valence-corrected chi connectivity index (χ0v) is 10.1. The molecule has 0 aromatic heterocycles. The summed E-state index contributed by atoms with van der Waals surface area (Å²) < 4.78 is 9.81. The third-order valence-corrected chi connectivity index (χ3v) is 1.75. The van der Waals surface area contributed by atoms with Gasteiger partial charge in [0.1, 0.15) is 12.7 Å². The quantitative estimate of drug-likeness (QED) is 0.532. The van der Waals surface area contributed by atoms with E-state index < -0.39 is 18.0 Å². The van der Waals surface area contributed by atoms with Crippen LogP contribution in [0.3, 0.4) is 0 Å². The maximum absolute atomic E-state index is 11.2. The minimum atomic E-state index is -0.627. The lowest BCUT2D eigenvalue weighted by atomic mass is 10.3. The van der Waals surface area contributed by atoms with Gasteiger partial charge in [-0.25, -0.2) is 9.59 Å². The molecule has 5 heteroatoms. The van der Waals surface area contributed by atoms with E-state index in [1.165, 1.54) is 12.2 Å². The first-order valence-electron chi connectivity index (χ1n) is 5.37. The topological polar surface area (TPSA) is 72.8 Å². The van der Waals surface area contributed by atoms with Crippen molar-refractivity contribution in [3.05, 3.63) is 24.3 Å². The lowest BCUT2D eigenvalue weighted by molar-refractivity contribution is -0.153. The predicted octanol–water partition coefficient (Wildman–Crippen LogP) is 0.976. The summed E-state index contributed by atoms with van der Waals surface area (Å²) in [5.41, 5.74) is 0. The van der Waals surface area contributed by atoms with Gasteiger partial charge in [-0.1, -0.05) is 12.2 Å². The van der Waals surface area contributed by atoms with Crippen LogP contribution in [-0.2, 0) is 19.1 Å². The number of carbonyl (C=O) groups is 2. The highest BCUT2D eigenvalue weighted by Gasteiger charge is 2.14. The maximum Gasteiger partial charge on any atom is 0.330 e. The van der Waals surface area contributed by atoms with E-state index in [1.807, 2.05) is 0 Å². The van der Waals surface area contributed by atoms with Crippen LogP contribution in [0.5, 0.6) is 0 Å². The standard InChI is InChI=1S/C12H18O5/c1-3-5-11(14)16-9-10(7-8-13)17-12(15)6-4-2/h3-6,10,13H,7-9H2,1-2H3/b5-3-,6-4-. The molecule has 1 N–H and O–H groups in total. The second-order valence-electron chi connectivity index (χ2n) is 3.20. The SMILES string of the molecule is C/C=C\C(=O)OCC(CCO)OC(=O)/C=C\C. The molecule has 5 nitrogen and oxygen atoms in total. The van der Waals surface area contributed by atoms with Crippen molar-refractivity contribution in [2.24, 2.45) is 0 Å². The summed E-state index contributed by atoms with van der Waals surface area (Å²) in [6.07, 6.45) is 5.23. The molecule has 0 rings (SSSR count). The van der Waals surface area contributed by atoms with E-state index in [-0.39, 0.29) is 19.6 Å². The van der Waals surface area contributed by atoms with Crippen LogP contribution < -0.4 is 0 Å². The van der Waals surface area contributed by atoms with Crippen LogP contribution >= 0.6 is 0 Å². The zero-order valence-electron chi connectivity index (χ0n) is 10.1. The molecular weight excluding hydrogens is 224 g/mol. The third kappa shape index (κ3) is 8.21. The average Bonchev–Trinajstić information content (AvgIpc) is 2.27. The van der Waals surface area contributed by atoms with Gasteiger partial charge in [0.05, 0.1) is 0 Å². The van der Waals surface area contributed by atoms with Crippen LogP contribution in [0.25, 0.3) is 0 Å². The fourth-order valence-corrected chi connectivity index (χ4v) is 1.02. The molecule has 0 aromatic rings. The van der Waals surface area contributed by atoms with Gasteiger partial charge < -0.3 is 14.6 Å². The fourth-order valence-electron chi connectivity index (χ4n) is 1.02. The van der Waals surface area contributed by atoms with Gasteiger partial charge in [-0.2, -0.15) is 0 Å². The van der Waals surface area contributed by atoms with Gasteiger partial charge in [-0.15, -0.1) is 0 Å². The van der Waals surface area contributed by atoms with Crippen molar-refractivity contribution in [1.82, 2.24) is 0 Å². The first kappa shape index (κ1) is 15.4. The van der Waals surface area contributed by atoms with Crippen LogP contribution in [0, 0.1) is 0 Å². The highest BCUT2D eigenvalue weighted by molar-refractivity contribution is 5.82. The number of hydrogen-bond donors (Lipinski definition) is 1. The first-order valence-corrected chi connectivity index (χ1v) is 5.37. The summed E-state index contributed by atoms with van der Waals surface area (Å²) in [6.45, 7) is 3.18. The van der Waals surface area contributed by atoms with Crippen LogP contribution in [0.15, 0.2) is 24.3 Å². The minimum absolute atomic E-state index is 0.0625. The van der Waals surface area contributed by atoms with Gasteiger partial charge in [-0.3, -0.25) is 0 Å². The number of allylic oxidation sites excluding steroid dienone is 2. The molecule has 0 amide bonds. The van der Waals surface area contributed by atoms with Crippen molar-refractivity contribution in [2.45, 2.75) is 26.4 Å². The van der Waals surface area contributed by atoms with Crippen molar-refractivity contribution < 1.29 is 24.2 Å². The lowest BCUT2D eigenvalue weighted by Gasteiger charge is -2.15. The van der Waals surface area contributed by atoms with Crippen molar-refractivity contribution in [1.29, 1.82) is 0 Å². The lowest BCUT2D eigenvalue weighted by Crippen LogP contribution is -2.25. The Bertz CT molecular complexity index is 293. The molecule has 0 saturated heterocycles. The molecule has 0 fully saturated rings. The molecule has 0 bridgehead atoms. The Hall–Kier alpha value is -1.62. The highest BCUT2D eigenvalue weighted by atomic mass is 16.6. The van der Waals surface area contributed by atoms with E-state index >= 15 is 0 Å². The smallest absolute Gasteiger partial charge is 0.330 e. The van der Waals surface area contributed by atoms with Crippen LogP contribution in [0.1, 0.15) is 20.3 Å². The Labute approximate surface area is 101 Å². The summed E-state index contributed by atoms with van der Waals surface area (Å²) in [5.74, 6) is -1.02. The van der Waals surface area contributed by atoms with Gasteiger partial charge in [0, 0.05) is 25.2 Å². The van der Waals surface area contributed by atoms with Gasteiger partial charge in [-0.05, 0) is 13.8 Å². The van der Waals surface area contributed by atoms with Gasteiger partial charge in [0.2, 0.25) is 0 Å². The second-order valence-corrected chi connectivity index (χ2v) is 3.20. The summed E-state index contributed by atoms with van der Waals surface area (Å²) in [5, 5.41) is 8.78. The van der Waals surface area contributed by atoms with Crippen molar-refractivity contribution in [3.8, 4) is 0 Å². The molecule has 1 unspecified atom stereocenters. The van der Waals surface area contributed by atoms with Crippen molar-refractivity contribution in [2.75, 3.05) is 13.2 Å². The van der Waals surface area contributed by atoms with Crippen LogP contribution in [0.4, 0.5) is 0 Å². The van der Waals surface area contributed by atoms with E-state index in [9.17, 15) is 9.59 Å². The molecule has 96 valence electrons. The number of ether oxygens (including phenoxy) is 2. The normalized spacial score (nSPS) is 12.9. The number of aliphatic hydroxyl groups excluding tert-OH is 1. The van der Waals surface area contributed by atoms with Gasteiger partial charge in [0.15, 0.2) is 0 Å². The molecule has 0 aromatic carbocycles. The van der Waals surface area contributed by atoms with Crippen LogP contribution in [-0.4, -0.2) is 36.4 Å². The molecule has 0 radical (unpaired) electrons. The Morgan fingerprint density at radius 1 is 1.18 bits per heavy atom. The maximum atomic E-state index is 11.2. The Morgan fingerprint density at radius 3 is 2.29 bits per heavy atom. The Balaban J connectivity index is 4.14.